The van der Waals surface area contributed by atoms with Gasteiger partial charge in [-0.05, 0) is 22.4 Å². The first-order valence-electron chi connectivity index (χ1n) is 6.38. The van der Waals surface area contributed by atoms with E-state index in [1.165, 1.54) is 15.6 Å². The minimum Gasteiger partial charge on any atom is -0.383 e. The summed E-state index contributed by atoms with van der Waals surface area (Å²) < 4.78 is 6.46. The first-order chi connectivity index (χ1) is 9.35. The van der Waals surface area contributed by atoms with Crippen LogP contribution < -0.4 is 0 Å². The largest absolute Gasteiger partial charge is 0.383 e. The van der Waals surface area contributed by atoms with Crippen molar-refractivity contribution in [3.05, 3.63) is 35.2 Å². The van der Waals surface area contributed by atoms with Gasteiger partial charge in [-0.3, -0.25) is 4.90 Å². The number of hydrogen-bond acceptors (Lipinski definition) is 4. The Kier molecular flexibility index (Phi) is 5.34. The lowest BCUT2D eigenvalue weighted by Gasteiger charge is -2.20. The van der Waals surface area contributed by atoms with Gasteiger partial charge in [0.1, 0.15) is 0 Å². The molecule has 0 atom stereocenters. The van der Waals surface area contributed by atoms with Gasteiger partial charge >= 0.3 is 0 Å². The first-order valence-corrected chi connectivity index (χ1v) is 7.26. The van der Waals surface area contributed by atoms with E-state index in [9.17, 15) is 0 Å². The van der Waals surface area contributed by atoms with Crippen LogP contribution in [-0.4, -0.2) is 31.7 Å². The van der Waals surface area contributed by atoms with Crippen molar-refractivity contribution in [1.82, 2.24) is 4.90 Å². The van der Waals surface area contributed by atoms with E-state index in [1.54, 1.807) is 18.4 Å². The Balaban J connectivity index is 2.09. The van der Waals surface area contributed by atoms with Gasteiger partial charge in [-0.15, -0.1) is 11.3 Å². The number of thiophene rings is 1. The number of benzene rings is 1. The van der Waals surface area contributed by atoms with Crippen molar-refractivity contribution in [1.29, 1.82) is 5.26 Å². The SMILES string of the molecule is COCCN(CCC#N)Cc1csc2ccccc12. The van der Waals surface area contributed by atoms with Gasteiger partial charge < -0.3 is 4.74 Å². The van der Waals surface area contributed by atoms with Crippen LogP contribution in [0.5, 0.6) is 0 Å². The standard InChI is InChI=1S/C15H18N2OS/c1-18-10-9-17(8-4-7-16)11-13-12-19-15-6-3-2-5-14(13)15/h2-3,5-6,12H,4,8-11H2,1H3. The van der Waals surface area contributed by atoms with E-state index in [2.05, 4.69) is 40.6 Å². The van der Waals surface area contributed by atoms with E-state index in [0.29, 0.717) is 13.0 Å². The minimum atomic E-state index is 0.561. The topological polar surface area (TPSA) is 36.3 Å². The van der Waals surface area contributed by atoms with Crippen molar-refractivity contribution >= 4 is 21.4 Å². The zero-order valence-corrected chi connectivity index (χ0v) is 11.9. The molecule has 0 spiro atoms. The van der Waals surface area contributed by atoms with Crippen molar-refractivity contribution in [2.45, 2.75) is 13.0 Å². The van der Waals surface area contributed by atoms with Crippen LogP contribution in [-0.2, 0) is 11.3 Å². The summed E-state index contributed by atoms with van der Waals surface area (Å²) in [7, 11) is 1.71. The zero-order chi connectivity index (χ0) is 13.5. The molecule has 0 fully saturated rings. The predicted molar refractivity (Wildman–Crippen MR) is 79.2 cm³/mol. The second kappa shape index (κ2) is 7.25. The van der Waals surface area contributed by atoms with Gasteiger partial charge in [-0.1, -0.05) is 18.2 Å². The summed E-state index contributed by atoms with van der Waals surface area (Å²) in [4.78, 5) is 2.28. The van der Waals surface area contributed by atoms with Crippen LogP contribution in [0.1, 0.15) is 12.0 Å². The third-order valence-corrected chi connectivity index (χ3v) is 4.12. The molecule has 0 saturated carbocycles. The van der Waals surface area contributed by atoms with Crippen LogP contribution in [0.25, 0.3) is 10.1 Å². The zero-order valence-electron chi connectivity index (χ0n) is 11.1. The molecular formula is C15H18N2OS. The average molecular weight is 274 g/mol. The molecule has 0 bridgehead atoms. The van der Waals surface area contributed by atoms with Crippen molar-refractivity contribution < 1.29 is 4.74 Å². The summed E-state index contributed by atoms with van der Waals surface area (Å²) in [6.45, 7) is 3.24. The number of nitriles is 1. The molecule has 0 aliphatic heterocycles. The Morgan fingerprint density at radius 1 is 1.32 bits per heavy atom. The van der Waals surface area contributed by atoms with Gasteiger partial charge in [0.2, 0.25) is 0 Å². The van der Waals surface area contributed by atoms with E-state index >= 15 is 0 Å². The normalized spacial score (nSPS) is 11.0. The van der Waals surface area contributed by atoms with E-state index < -0.39 is 0 Å². The van der Waals surface area contributed by atoms with E-state index in [-0.39, 0.29) is 0 Å². The molecule has 1 aromatic carbocycles. The first kappa shape index (κ1) is 14.0. The summed E-state index contributed by atoms with van der Waals surface area (Å²) >= 11 is 1.78. The monoisotopic (exact) mass is 274 g/mol. The molecule has 4 heteroatoms. The third kappa shape index (κ3) is 3.77. The third-order valence-electron chi connectivity index (χ3n) is 3.11. The number of rotatable bonds is 7. The summed E-state index contributed by atoms with van der Waals surface area (Å²) in [5, 5.41) is 12.3. The van der Waals surface area contributed by atoms with Gasteiger partial charge in [-0.25, -0.2) is 0 Å². The van der Waals surface area contributed by atoms with Crippen LogP contribution in [0.4, 0.5) is 0 Å². The Morgan fingerprint density at radius 3 is 2.95 bits per heavy atom. The lowest BCUT2D eigenvalue weighted by atomic mass is 10.1. The lowest BCUT2D eigenvalue weighted by Crippen LogP contribution is -2.27. The number of fused-ring (bicyclic) bond motifs is 1. The maximum atomic E-state index is 8.73. The molecular weight excluding hydrogens is 256 g/mol. The highest BCUT2D eigenvalue weighted by Gasteiger charge is 2.09. The molecule has 0 aliphatic carbocycles. The quantitative estimate of drug-likeness (QED) is 0.777. The molecule has 1 aromatic heterocycles. The molecule has 0 radical (unpaired) electrons. The molecule has 19 heavy (non-hydrogen) atoms. The van der Waals surface area contributed by atoms with Crippen LogP contribution in [0.2, 0.25) is 0 Å². The molecule has 100 valence electrons. The number of methoxy groups -OCH3 is 1. The maximum absolute atomic E-state index is 8.73. The molecule has 0 saturated heterocycles. The molecule has 0 N–H and O–H groups in total. The fourth-order valence-electron chi connectivity index (χ4n) is 2.09. The average Bonchev–Trinajstić information content (AvgIpc) is 2.85. The van der Waals surface area contributed by atoms with Gasteiger partial charge in [0, 0.05) is 37.9 Å². The van der Waals surface area contributed by atoms with Gasteiger partial charge in [-0.2, -0.15) is 5.26 Å². The smallest absolute Gasteiger partial charge is 0.0635 e. The predicted octanol–water partition coefficient (Wildman–Crippen LogP) is 3.26. The van der Waals surface area contributed by atoms with E-state index in [1.807, 2.05) is 0 Å². The fourth-order valence-corrected chi connectivity index (χ4v) is 3.05. The second-order valence-electron chi connectivity index (χ2n) is 4.43. The number of ether oxygens (including phenoxy) is 1. The Hall–Kier alpha value is -1.41. The summed E-state index contributed by atoms with van der Waals surface area (Å²) in [5.41, 5.74) is 1.34. The van der Waals surface area contributed by atoms with E-state index in [4.69, 9.17) is 10.00 Å². The molecule has 0 amide bonds. The minimum absolute atomic E-state index is 0.561. The fraction of sp³-hybridized carbons (Fsp3) is 0.400. The lowest BCUT2D eigenvalue weighted by molar-refractivity contribution is 0.145. The van der Waals surface area contributed by atoms with Crippen LogP contribution in [0.3, 0.4) is 0 Å². The van der Waals surface area contributed by atoms with Crippen LogP contribution >= 0.6 is 11.3 Å². The highest BCUT2D eigenvalue weighted by atomic mass is 32.1. The van der Waals surface area contributed by atoms with Crippen molar-refractivity contribution in [2.75, 3.05) is 26.8 Å². The summed E-state index contributed by atoms with van der Waals surface area (Å²) in [5.74, 6) is 0. The summed E-state index contributed by atoms with van der Waals surface area (Å²) in [6, 6.07) is 10.7. The second-order valence-corrected chi connectivity index (χ2v) is 5.35. The highest BCUT2D eigenvalue weighted by molar-refractivity contribution is 7.17. The molecule has 2 rings (SSSR count). The Bertz CT molecular complexity index is 559. The van der Waals surface area contributed by atoms with Crippen molar-refractivity contribution in [3.8, 4) is 6.07 Å². The maximum Gasteiger partial charge on any atom is 0.0635 e. The van der Waals surface area contributed by atoms with Crippen LogP contribution in [0, 0.1) is 11.3 Å². The molecule has 0 aliphatic rings. The van der Waals surface area contributed by atoms with Gasteiger partial charge in [0.25, 0.3) is 0 Å². The highest BCUT2D eigenvalue weighted by Crippen LogP contribution is 2.26. The van der Waals surface area contributed by atoms with Crippen molar-refractivity contribution in [3.63, 3.8) is 0 Å². The van der Waals surface area contributed by atoms with Crippen molar-refractivity contribution in [2.24, 2.45) is 0 Å². The van der Waals surface area contributed by atoms with Gasteiger partial charge in [0.15, 0.2) is 0 Å². The van der Waals surface area contributed by atoms with Gasteiger partial charge in [0.05, 0.1) is 12.7 Å². The molecule has 2 aromatic rings. The van der Waals surface area contributed by atoms with E-state index in [0.717, 1.165) is 19.6 Å². The number of hydrogen-bond donors (Lipinski definition) is 0. The molecule has 0 unspecified atom stereocenters. The van der Waals surface area contributed by atoms with Crippen LogP contribution in [0.15, 0.2) is 29.6 Å². The number of nitrogens with zero attached hydrogens (tertiary/aromatic N) is 2. The molecule has 3 nitrogen and oxygen atoms in total. The molecule has 1 heterocycles. The summed E-state index contributed by atoms with van der Waals surface area (Å²) in [6.07, 6.45) is 0.561. The Labute approximate surface area is 118 Å². The Morgan fingerprint density at radius 2 is 2.16 bits per heavy atom.